The van der Waals surface area contributed by atoms with E-state index in [9.17, 15) is 23.5 Å². The Hall–Kier alpha value is -3.80. The number of amides is 1. The summed E-state index contributed by atoms with van der Waals surface area (Å²) in [5.74, 6) is -2.93. The molecule has 1 aliphatic heterocycles. The summed E-state index contributed by atoms with van der Waals surface area (Å²) in [6.07, 6.45) is 1.47. The van der Waals surface area contributed by atoms with Gasteiger partial charge < -0.3 is 25.6 Å². The third kappa shape index (κ3) is 5.69. The Balaban J connectivity index is 1.62. The Morgan fingerprint density at radius 3 is 2.47 bits per heavy atom. The van der Waals surface area contributed by atoms with E-state index in [4.69, 9.17) is 27.2 Å². The van der Waals surface area contributed by atoms with Crippen LogP contribution in [0.2, 0.25) is 5.02 Å². The van der Waals surface area contributed by atoms with Crippen LogP contribution in [0.5, 0.6) is 5.75 Å². The lowest BCUT2D eigenvalue weighted by atomic mass is 9.94. The third-order valence-electron chi connectivity index (χ3n) is 6.36. The maximum atomic E-state index is 14.2. The normalized spacial score (nSPS) is 14.8. The number of carbonyl (C=O) groups is 2. The van der Waals surface area contributed by atoms with Crippen molar-refractivity contribution in [2.24, 2.45) is 0 Å². The number of pyridine rings is 1. The van der Waals surface area contributed by atoms with Crippen LogP contribution in [0.25, 0.3) is 11.1 Å². The summed E-state index contributed by atoms with van der Waals surface area (Å²) in [6.45, 7) is 0.153. The number of aliphatic hydroxyl groups is 1. The zero-order valence-electron chi connectivity index (χ0n) is 20.1. The van der Waals surface area contributed by atoms with Gasteiger partial charge in [-0.05, 0) is 29.3 Å². The topological polar surface area (TPSA) is 129 Å². The van der Waals surface area contributed by atoms with Crippen LogP contribution in [0.3, 0.4) is 0 Å². The number of nitrogens with zero attached hydrogens (tertiary/aromatic N) is 3. The molecule has 0 aliphatic carbocycles. The van der Waals surface area contributed by atoms with Crippen LogP contribution in [-0.4, -0.2) is 69.7 Å². The van der Waals surface area contributed by atoms with E-state index in [0.29, 0.717) is 29.8 Å². The smallest absolute Gasteiger partial charge is 0.325 e. The molecule has 2 aromatic carbocycles. The standard InChI is InChI=1S/C26H25ClF2N4O5/c27-23-18(19(28)5-6-20(23)29)14-38-21-11-15(12-31-25(21)30)16-3-1-2-4-17(16)24(26(36)37)33-9-7-32(8-10-33)22(35)13-34/h1-6,11-12,24,34H,7-10,13-14H2,(H2,30,31)(H,36,37). The number of benzene rings is 2. The number of rotatable bonds is 8. The number of ether oxygens (including phenoxy) is 1. The highest BCUT2D eigenvalue weighted by atomic mass is 35.5. The number of hydrogen-bond donors (Lipinski definition) is 3. The fourth-order valence-electron chi connectivity index (χ4n) is 4.38. The predicted molar refractivity (Wildman–Crippen MR) is 135 cm³/mol. The van der Waals surface area contributed by atoms with Crippen LogP contribution >= 0.6 is 11.6 Å². The van der Waals surface area contributed by atoms with Gasteiger partial charge in [0.25, 0.3) is 0 Å². The Bertz CT molecular complexity index is 1350. The van der Waals surface area contributed by atoms with Crippen molar-refractivity contribution in [3.63, 3.8) is 0 Å². The molecular weight excluding hydrogens is 522 g/mol. The van der Waals surface area contributed by atoms with E-state index < -0.39 is 47.8 Å². The van der Waals surface area contributed by atoms with Crippen LogP contribution in [0.1, 0.15) is 17.2 Å². The van der Waals surface area contributed by atoms with Crippen molar-refractivity contribution in [1.82, 2.24) is 14.8 Å². The molecule has 1 amide bonds. The van der Waals surface area contributed by atoms with Crippen LogP contribution in [-0.2, 0) is 16.2 Å². The van der Waals surface area contributed by atoms with Gasteiger partial charge >= 0.3 is 5.97 Å². The highest BCUT2D eigenvalue weighted by Gasteiger charge is 2.33. The fourth-order valence-corrected chi connectivity index (χ4v) is 4.59. The second-order valence-corrected chi connectivity index (χ2v) is 9.00. The largest absolute Gasteiger partial charge is 0.485 e. The Morgan fingerprint density at radius 2 is 1.79 bits per heavy atom. The first kappa shape index (κ1) is 27.2. The molecule has 1 aliphatic rings. The first-order valence-corrected chi connectivity index (χ1v) is 12.0. The number of aliphatic carboxylic acids is 1. The second-order valence-electron chi connectivity index (χ2n) is 8.62. The Morgan fingerprint density at radius 1 is 1.11 bits per heavy atom. The van der Waals surface area contributed by atoms with Crippen LogP contribution in [0.4, 0.5) is 14.6 Å². The minimum absolute atomic E-state index is 0.00128. The molecule has 3 aromatic rings. The van der Waals surface area contributed by atoms with Crippen molar-refractivity contribution in [1.29, 1.82) is 0 Å². The summed E-state index contributed by atoms with van der Waals surface area (Å²) in [4.78, 5) is 31.6. The van der Waals surface area contributed by atoms with Crippen LogP contribution in [0, 0.1) is 11.6 Å². The minimum atomic E-state index is -1.07. The average Bonchev–Trinajstić information content (AvgIpc) is 2.92. The number of carboxylic acid groups (broad SMARTS) is 1. The number of hydrogen-bond acceptors (Lipinski definition) is 7. The minimum Gasteiger partial charge on any atom is -0.485 e. The number of halogens is 3. The lowest BCUT2D eigenvalue weighted by molar-refractivity contribution is -0.145. The van der Waals surface area contributed by atoms with E-state index in [1.54, 1.807) is 35.2 Å². The van der Waals surface area contributed by atoms with Crippen molar-refractivity contribution < 1.29 is 33.3 Å². The van der Waals surface area contributed by atoms with E-state index in [0.717, 1.165) is 12.1 Å². The molecule has 200 valence electrons. The predicted octanol–water partition coefficient (Wildman–Crippen LogP) is 3.10. The van der Waals surface area contributed by atoms with E-state index in [2.05, 4.69) is 4.98 Å². The van der Waals surface area contributed by atoms with Crippen molar-refractivity contribution in [3.05, 3.63) is 76.4 Å². The molecule has 1 atom stereocenters. The monoisotopic (exact) mass is 546 g/mol. The zero-order valence-corrected chi connectivity index (χ0v) is 20.9. The molecule has 0 radical (unpaired) electrons. The van der Waals surface area contributed by atoms with E-state index >= 15 is 0 Å². The Labute approximate surface area is 222 Å². The maximum Gasteiger partial charge on any atom is 0.325 e. The van der Waals surface area contributed by atoms with Crippen LogP contribution < -0.4 is 10.5 Å². The highest BCUT2D eigenvalue weighted by Crippen LogP contribution is 2.35. The van der Waals surface area contributed by atoms with Crippen molar-refractivity contribution in [2.75, 3.05) is 38.5 Å². The summed E-state index contributed by atoms with van der Waals surface area (Å²) in [5, 5.41) is 18.9. The van der Waals surface area contributed by atoms with Gasteiger partial charge in [-0.15, -0.1) is 0 Å². The summed E-state index contributed by atoms with van der Waals surface area (Å²) in [7, 11) is 0. The van der Waals surface area contributed by atoms with Crippen molar-refractivity contribution >= 4 is 29.3 Å². The molecule has 0 spiro atoms. The van der Waals surface area contributed by atoms with Gasteiger partial charge in [-0.2, -0.15) is 0 Å². The summed E-state index contributed by atoms with van der Waals surface area (Å²) < 4.78 is 33.6. The number of aliphatic hydroxyl groups excluding tert-OH is 1. The number of nitrogens with two attached hydrogens (primary N) is 1. The first-order valence-electron chi connectivity index (χ1n) is 11.7. The summed E-state index contributed by atoms with van der Waals surface area (Å²) >= 11 is 5.89. The van der Waals surface area contributed by atoms with Crippen molar-refractivity contribution in [3.8, 4) is 16.9 Å². The molecule has 1 fully saturated rings. The van der Waals surface area contributed by atoms with Gasteiger partial charge in [-0.3, -0.25) is 14.5 Å². The summed E-state index contributed by atoms with van der Waals surface area (Å²) in [5.41, 5.74) is 7.32. The molecule has 4 N–H and O–H groups in total. The van der Waals surface area contributed by atoms with E-state index in [1.807, 2.05) is 0 Å². The third-order valence-corrected chi connectivity index (χ3v) is 6.77. The van der Waals surface area contributed by atoms with Gasteiger partial charge in [0.2, 0.25) is 5.91 Å². The number of carbonyl (C=O) groups excluding carboxylic acids is 1. The number of piperazine rings is 1. The lowest BCUT2D eigenvalue weighted by Crippen LogP contribution is -2.51. The fraction of sp³-hybridized carbons (Fsp3) is 0.269. The quantitative estimate of drug-likeness (QED) is 0.368. The van der Waals surface area contributed by atoms with Gasteiger partial charge in [0.1, 0.15) is 30.9 Å². The van der Waals surface area contributed by atoms with E-state index in [-0.39, 0.29) is 30.2 Å². The molecule has 1 unspecified atom stereocenters. The molecule has 12 heteroatoms. The van der Waals surface area contributed by atoms with E-state index in [1.165, 1.54) is 11.1 Å². The molecule has 38 heavy (non-hydrogen) atoms. The molecule has 4 rings (SSSR count). The Kier molecular flexibility index (Phi) is 8.40. The number of nitrogen functional groups attached to an aromatic ring is 1. The molecular formula is C26H25ClF2N4O5. The summed E-state index contributed by atoms with van der Waals surface area (Å²) in [6, 6.07) is 9.26. The van der Waals surface area contributed by atoms with Gasteiger partial charge in [-0.1, -0.05) is 35.9 Å². The SMILES string of the molecule is Nc1ncc(-c2ccccc2C(C(=O)O)N2CCN(C(=O)CO)CC2)cc1OCc1c(F)ccc(F)c1Cl. The van der Waals surface area contributed by atoms with Gasteiger partial charge in [0.05, 0.1) is 5.02 Å². The first-order chi connectivity index (χ1) is 18.2. The highest BCUT2D eigenvalue weighted by molar-refractivity contribution is 6.31. The lowest BCUT2D eigenvalue weighted by Gasteiger charge is -2.38. The molecule has 2 heterocycles. The molecule has 0 bridgehead atoms. The molecule has 0 saturated carbocycles. The zero-order chi connectivity index (χ0) is 27.4. The number of carboxylic acids is 1. The second kappa shape index (κ2) is 11.7. The molecule has 1 saturated heterocycles. The average molecular weight is 547 g/mol. The number of anilines is 1. The van der Waals surface area contributed by atoms with Gasteiger partial charge in [0, 0.05) is 43.5 Å². The van der Waals surface area contributed by atoms with Crippen LogP contribution in [0.15, 0.2) is 48.7 Å². The van der Waals surface area contributed by atoms with Gasteiger partial charge in [0.15, 0.2) is 11.6 Å². The molecule has 9 nitrogen and oxygen atoms in total. The van der Waals surface area contributed by atoms with Gasteiger partial charge in [-0.25, -0.2) is 13.8 Å². The van der Waals surface area contributed by atoms with Crippen molar-refractivity contribution in [2.45, 2.75) is 12.6 Å². The number of aromatic nitrogens is 1. The molecule has 1 aromatic heterocycles. The maximum absolute atomic E-state index is 14.2.